The molecule has 0 atom stereocenters. The quantitative estimate of drug-likeness (QED) is 0.510. The van der Waals surface area contributed by atoms with Gasteiger partial charge in [0.15, 0.2) is 0 Å². The molecule has 1 aliphatic carbocycles. The second-order valence-corrected chi connectivity index (χ2v) is 9.33. The number of thiophene rings is 1. The molecule has 1 aliphatic rings. The number of amides is 1. The summed E-state index contributed by atoms with van der Waals surface area (Å²) in [7, 11) is 0. The number of hydrogen-bond acceptors (Lipinski definition) is 4. The molecule has 1 aromatic heterocycles. The number of carbonyl (C=O) groups excluding carboxylic acids is 2. The van der Waals surface area contributed by atoms with E-state index in [4.69, 9.17) is 4.74 Å². The molecule has 0 unspecified atom stereocenters. The van der Waals surface area contributed by atoms with Crippen LogP contribution in [0.4, 0.5) is 5.00 Å². The van der Waals surface area contributed by atoms with Crippen LogP contribution in [0.3, 0.4) is 0 Å². The van der Waals surface area contributed by atoms with E-state index < -0.39 is 0 Å². The van der Waals surface area contributed by atoms with Crippen LogP contribution in [0.25, 0.3) is 0 Å². The average Bonchev–Trinajstić information content (AvgIpc) is 3.07. The minimum Gasteiger partial charge on any atom is -0.459 e. The first kappa shape index (κ1) is 21.1. The van der Waals surface area contributed by atoms with Gasteiger partial charge in [0.05, 0.1) is 18.1 Å². The van der Waals surface area contributed by atoms with Gasteiger partial charge in [-0.15, -0.1) is 11.3 Å². The van der Waals surface area contributed by atoms with E-state index in [1.807, 2.05) is 43.5 Å². The summed E-state index contributed by atoms with van der Waals surface area (Å²) in [6.07, 6.45) is 5.87. The summed E-state index contributed by atoms with van der Waals surface area (Å²) < 4.78 is 6.47. The van der Waals surface area contributed by atoms with E-state index in [9.17, 15) is 9.59 Å². The van der Waals surface area contributed by atoms with Crippen molar-refractivity contribution in [2.24, 2.45) is 0 Å². The van der Waals surface area contributed by atoms with Crippen molar-refractivity contribution in [2.75, 3.05) is 5.32 Å². The van der Waals surface area contributed by atoms with Crippen LogP contribution in [-0.4, -0.2) is 18.0 Å². The highest BCUT2D eigenvalue weighted by molar-refractivity contribution is 9.10. The molecule has 0 bridgehead atoms. The number of anilines is 1. The lowest BCUT2D eigenvalue weighted by atomic mass is 9.83. The predicted molar refractivity (Wildman–Crippen MR) is 117 cm³/mol. The third-order valence-corrected chi connectivity index (χ3v) is 6.38. The van der Waals surface area contributed by atoms with Gasteiger partial charge in [0.25, 0.3) is 0 Å². The lowest BCUT2D eigenvalue weighted by molar-refractivity contribution is -0.115. The Morgan fingerprint density at radius 3 is 2.50 bits per heavy atom. The Morgan fingerprint density at radius 2 is 1.86 bits per heavy atom. The van der Waals surface area contributed by atoms with E-state index in [1.54, 1.807) is 0 Å². The van der Waals surface area contributed by atoms with Gasteiger partial charge in [-0.2, -0.15) is 0 Å². The third-order valence-electron chi connectivity index (χ3n) is 4.94. The molecular weight excluding hydrogens is 438 g/mol. The van der Waals surface area contributed by atoms with Gasteiger partial charge in [0.1, 0.15) is 5.00 Å². The van der Waals surface area contributed by atoms with Crippen molar-refractivity contribution in [2.45, 2.75) is 64.4 Å². The minimum atomic E-state index is -0.337. The first-order chi connectivity index (χ1) is 13.4. The molecule has 6 heteroatoms. The van der Waals surface area contributed by atoms with Gasteiger partial charge in [-0.25, -0.2) is 4.79 Å². The molecule has 0 radical (unpaired) electrons. The molecule has 1 fully saturated rings. The molecule has 2 aromatic rings. The van der Waals surface area contributed by atoms with Crippen molar-refractivity contribution in [3.8, 4) is 0 Å². The molecule has 150 valence electrons. The van der Waals surface area contributed by atoms with E-state index in [-0.39, 0.29) is 24.4 Å². The normalized spacial score (nSPS) is 14.9. The summed E-state index contributed by atoms with van der Waals surface area (Å²) in [5.74, 6) is -0.0921. The highest BCUT2D eigenvalue weighted by Gasteiger charge is 2.28. The Morgan fingerprint density at radius 1 is 1.18 bits per heavy atom. The molecule has 1 heterocycles. The van der Waals surface area contributed by atoms with Gasteiger partial charge >= 0.3 is 5.97 Å². The van der Waals surface area contributed by atoms with Gasteiger partial charge in [-0.3, -0.25) is 4.79 Å². The fourth-order valence-corrected chi connectivity index (χ4v) is 4.93. The molecule has 0 saturated heterocycles. The zero-order valence-corrected chi connectivity index (χ0v) is 18.7. The summed E-state index contributed by atoms with van der Waals surface area (Å²) in [5, 5.41) is 5.59. The molecular formula is C22H26BrNO3S. The molecule has 1 saturated carbocycles. The maximum absolute atomic E-state index is 12.8. The maximum atomic E-state index is 12.8. The Labute approximate surface area is 178 Å². The summed E-state index contributed by atoms with van der Waals surface area (Å²) in [4.78, 5) is 25.4. The third kappa shape index (κ3) is 5.45. The number of halogens is 1. The van der Waals surface area contributed by atoms with Crippen LogP contribution in [0.1, 0.15) is 73.4 Å². The standard InChI is InChI=1S/C22H26BrNO3S/c1-14(2)27-22(26)20-18(16-6-4-3-5-7-16)13-28-21(20)24-19(25)12-15-8-10-17(23)11-9-15/h8-11,13-14,16H,3-7,12H2,1-2H3,(H,24,25). The predicted octanol–water partition coefficient (Wildman–Crippen LogP) is 6.30. The number of benzene rings is 1. The highest BCUT2D eigenvalue weighted by atomic mass is 79.9. The smallest absolute Gasteiger partial charge is 0.341 e. The van der Waals surface area contributed by atoms with Crippen molar-refractivity contribution in [3.05, 3.63) is 50.8 Å². The molecule has 1 amide bonds. The van der Waals surface area contributed by atoms with E-state index in [0.29, 0.717) is 16.5 Å². The number of esters is 1. The lowest BCUT2D eigenvalue weighted by Gasteiger charge is -2.22. The largest absolute Gasteiger partial charge is 0.459 e. The summed E-state index contributed by atoms with van der Waals surface area (Å²) in [6.45, 7) is 3.69. The number of nitrogens with one attached hydrogen (secondary N) is 1. The second-order valence-electron chi connectivity index (χ2n) is 7.54. The van der Waals surface area contributed by atoms with Gasteiger partial charge in [-0.05, 0) is 61.2 Å². The van der Waals surface area contributed by atoms with Crippen LogP contribution in [0.5, 0.6) is 0 Å². The van der Waals surface area contributed by atoms with Crippen molar-refractivity contribution >= 4 is 44.1 Å². The van der Waals surface area contributed by atoms with E-state index in [0.717, 1.165) is 28.4 Å². The van der Waals surface area contributed by atoms with Crippen LogP contribution >= 0.6 is 27.3 Å². The molecule has 3 rings (SSSR count). The second kappa shape index (κ2) is 9.70. The minimum absolute atomic E-state index is 0.127. The highest BCUT2D eigenvalue weighted by Crippen LogP contribution is 2.40. The molecule has 0 aliphatic heterocycles. The van der Waals surface area contributed by atoms with Crippen molar-refractivity contribution in [1.29, 1.82) is 0 Å². The number of rotatable bonds is 6. The number of carbonyl (C=O) groups is 2. The molecule has 1 N–H and O–H groups in total. The lowest BCUT2D eigenvalue weighted by Crippen LogP contribution is -2.19. The molecule has 28 heavy (non-hydrogen) atoms. The van der Waals surface area contributed by atoms with E-state index in [1.165, 1.54) is 30.6 Å². The fraction of sp³-hybridized carbons (Fsp3) is 0.455. The first-order valence-corrected chi connectivity index (χ1v) is 11.5. The van der Waals surface area contributed by atoms with E-state index >= 15 is 0 Å². The Kier molecular flexibility index (Phi) is 7.30. The number of hydrogen-bond donors (Lipinski definition) is 1. The number of ether oxygens (including phenoxy) is 1. The van der Waals surface area contributed by atoms with Crippen molar-refractivity contribution < 1.29 is 14.3 Å². The maximum Gasteiger partial charge on any atom is 0.341 e. The van der Waals surface area contributed by atoms with Crippen LogP contribution in [0.2, 0.25) is 0 Å². The van der Waals surface area contributed by atoms with Gasteiger partial charge in [0, 0.05) is 4.47 Å². The monoisotopic (exact) mass is 463 g/mol. The zero-order chi connectivity index (χ0) is 20.1. The Bertz CT molecular complexity index is 823. The van der Waals surface area contributed by atoms with Gasteiger partial charge in [0.2, 0.25) is 5.91 Å². The molecule has 4 nitrogen and oxygen atoms in total. The topological polar surface area (TPSA) is 55.4 Å². The Hall–Kier alpha value is -1.66. The SMILES string of the molecule is CC(C)OC(=O)c1c(C2CCCCC2)csc1NC(=O)Cc1ccc(Br)cc1. The van der Waals surface area contributed by atoms with Gasteiger partial charge in [-0.1, -0.05) is 47.3 Å². The zero-order valence-electron chi connectivity index (χ0n) is 16.3. The summed E-state index contributed by atoms with van der Waals surface area (Å²) in [5.41, 5.74) is 2.51. The van der Waals surface area contributed by atoms with Crippen LogP contribution < -0.4 is 5.32 Å². The van der Waals surface area contributed by atoms with Crippen LogP contribution in [0.15, 0.2) is 34.1 Å². The summed E-state index contributed by atoms with van der Waals surface area (Å²) >= 11 is 4.83. The van der Waals surface area contributed by atoms with Crippen LogP contribution in [0, 0.1) is 0 Å². The average molecular weight is 464 g/mol. The summed E-state index contributed by atoms with van der Waals surface area (Å²) in [6, 6.07) is 7.67. The Balaban J connectivity index is 1.80. The van der Waals surface area contributed by atoms with Crippen LogP contribution in [-0.2, 0) is 16.0 Å². The van der Waals surface area contributed by atoms with Gasteiger partial charge < -0.3 is 10.1 Å². The fourth-order valence-electron chi connectivity index (χ4n) is 3.62. The van der Waals surface area contributed by atoms with E-state index in [2.05, 4.69) is 21.2 Å². The first-order valence-electron chi connectivity index (χ1n) is 9.80. The molecule has 0 spiro atoms. The van der Waals surface area contributed by atoms with Crippen molar-refractivity contribution in [3.63, 3.8) is 0 Å². The van der Waals surface area contributed by atoms with Crippen molar-refractivity contribution in [1.82, 2.24) is 0 Å². The molecule has 1 aromatic carbocycles.